The van der Waals surface area contributed by atoms with Gasteiger partial charge in [-0.15, -0.1) is 0 Å². The fourth-order valence-electron chi connectivity index (χ4n) is 3.94. The van der Waals surface area contributed by atoms with Gasteiger partial charge in [0.25, 0.3) is 0 Å². The second-order valence-corrected chi connectivity index (χ2v) is 7.93. The first-order valence-corrected chi connectivity index (χ1v) is 10.6. The monoisotopic (exact) mass is 452 g/mol. The SMILES string of the molecule is Cc1cc(C(=O)Cc2cn3nc(-c4c(-c5ccc(F)cc5)nc5ccccn45)ccc3n2)on1. The minimum atomic E-state index is -0.311. The molecule has 0 saturated heterocycles. The van der Waals surface area contributed by atoms with Crippen LogP contribution in [0, 0.1) is 12.7 Å². The molecule has 0 spiro atoms. The zero-order valence-corrected chi connectivity index (χ0v) is 18.0. The van der Waals surface area contributed by atoms with E-state index in [0.29, 0.717) is 28.4 Å². The number of aromatic nitrogens is 6. The third-order valence-corrected chi connectivity index (χ3v) is 5.50. The average Bonchev–Trinajstić information content (AvgIpc) is 3.55. The van der Waals surface area contributed by atoms with Crippen molar-refractivity contribution in [3.8, 4) is 22.6 Å². The van der Waals surface area contributed by atoms with Crippen LogP contribution >= 0.6 is 0 Å². The molecule has 0 atom stereocenters. The van der Waals surface area contributed by atoms with E-state index < -0.39 is 0 Å². The van der Waals surface area contributed by atoms with Crippen molar-refractivity contribution in [1.82, 2.24) is 29.1 Å². The lowest BCUT2D eigenvalue weighted by Gasteiger charge is -2.05. The molecule has 6 aromatic rings. The van der Waals surface area contributed by atoms with E-state index in [4.69, 9.17) is 14.6 Å². The molecule has 34 heavy (non-hydrogen) atoms. The first kappa shape index (κ1) is 20.0. The molecule has 8 nitrogen and oxygen atoms in total. The molecule has 1 aromatic carbocycles. The van der Waals surface area contributed by atoms with E-state index in [-0.39, 0.29) is 23.8 Å². The van der Waals surface area contributed by atoms with Crippen molar-refractivity contribution < 1.29 is 13.7 Å². The minimum Gasteiger partial charge on any atom is -0.353 e. The van der Waals surface area contributed by atoms with Crippen LogP contribution in [0.3, 0.4) is 0 Å². The number of ketones is 1. The van der Waals surface area contributed by atoms with Crippen molar-refractivity contribution in [3.63, 3.8) is 0 Å². The Morgan fingerprint density at radius 2 is 1.88 bits per heavy atom. The molecule has 5 heterocycles. The fourth-order valence-corrected chi connectivity index (χ4v) is 3.94. The first-order chi connectivity index (χ1) is 16.5. The van der Waals surface area contributed by atoms with Gasteiger partial charge in [-0.05, 0) is 55.5 Å². The molecule has 166 valence electrons. The van der Waals surface area contributed by atoms with Crippen LogP contribution < -0.4 is 0 Å². The second-order valence-electron chi connectivity index (χ2n) is 7.93. The summed E-state index contributed by atoms with van der Waals surface area (Å²) in [6, 6.07) is 17.3. The molecule has 0 amide bonds. The van der Waals surface area contributed by atoms with Crippen LogP contribution in [-0.2, 0) is 6.42 Å². The van der Waals surface area contributed by atoms with Gasteiger partial charge >= 0.3 is 0 Å². The highest BCUT2D eigenvalue weighted by Gasteiger charge is 2.19. The number of carbonyl (C=O) groups excluding carboxylic acids is 1. The highest BCUT2D eigenvalue weighted by molar-refractivity contribution is 5.94. The molecule has 6 rings (SSSR count). The normalized spacial score (nSPS) is 11.5. The van der Waals surface area contributed by atoms with E-state index in [9.17, 15) is 9.18 Å². The van der Waals surface area contributed by atoms with E-state index in [1.807, 2.05) is 40.9 Å². The third kappa shape index (κ3) is 3.43. The summed E-state index contributed by atoms with van der Waals surface area (Å²) in [6.07, 6.45) is 3.71. The number of aryl methyl sites for hydroxylation is 1. The number of Topliss-reactive ketones (excluding diaryl/α,β-unsaturated/α-hetero) is 1. The smallest absolute Gasteiger partial charge is 0.206 e. The highest BCUT2D eigenvalue weighted by atomic mass is 19.1. The van der Waals surface area contributed by atoms with Crippen LogP contribution in [0.4, 0.5) is 4.39 Å². The van der Waals surface area contributed by atoms with E-state index in [0.717, 1.165) is 16.9 Å². The Bertz CT molecular complexity index is 1680. The van der Waals surface area contributed by atoms with Crippen LogP contribution in [0.2, 0.25) is 0 Å². The molecule has 0 bridgehead atoms. The lowest BCUT2D eigenvalue weighted by atomic mass is 10.1. The third-order valence-electron chi connectivity index (χ3n) is 5.50. The fraction of sp³-hybridized carbons (Fsp3) is 0.0800. The summed E-state index contributed by atoms with van der Waals surface area (Å²) in [4.78, 5) is 21.8. The molecule has 0 aliphatic heterocycles. The van der Waals surface area contributed by atoms with Gasteiger partial charge in [-0.2, -0.15) is 5.10 Å². The molecule has 0 saturated carbocycles. The average molecular weight is 452 g/mol. The van der Waals surface area contributed by atoms with E-state index in [1.165, 1.54) is 12.1 Å². The lowest BCUT2D eigenvalue weighted by Crippen LogP contribution is -2.02. The molecule has 0 aliphatic rings. The summed E-state index contributed by atoms with van der Waals surface area (Å²) < 4.78 is 22.2. The van der Waals surface area contributed by atoms with Gasteiger partial charge in [-0.25, -0.2) is 18.9 Å². The Morgan fingerprint density at radius 3 is 2.68 bits per heavy atom. The van der Waals surface area contributed by atoms with Crippen molar-refractivity contribution in [2.45, 2.75) is 13.3 Å². The van der Waals surface area contributed by atoms with Crippen LogP contribution in [0.25, 0.3) is 33.9 Å². The topological polar surface area (TPSA) is 90.6 Å². The van der Waals surface area contributed by atoms with Gasteiger partial charge in [0.2, 0.25) is 11.5 Å². The molecule has 0 fully saturated rings. The minimum absolute atomic E-state index is 0.0732. The van der Waals surface area contributed by atoms with Gasteiger partial charge in [0.05, 0.1) is 29.7 Å². The summed E-state index contributed by atoms with van der Waals surface area (Å²) in [5.41, 5.74) is 5.47. The van der Waals surface area contributed by atoms with Crippen molar-refractivity contribution >= 4 is 17.1 Å². The zero-order chi connectivity index (χ0) is 23.2. The molecule has 0 aliphatic carbocycles. The maximum Gasteiger partial charge on any atom is 0.206 e. The van der Waals surface area contributed by atoms with Crippen molar-refractivity contribution in [2.75, 3.05) is 0 Å². The lowest BCUT2D eigenvalue weighted by molar-refractivity contribution is 0.0956. The second kappa shape index (κ2) is 7.73. The van der Waals surface area contributed by atoms with E-state index in [1.54, 1.807) is 35.8 Å². The van der Waals surface area contributed by atoms with Crippen molar-refractivity contribution in [1.29, 1.82) is 0 Å². The molecular formula is C25H17FN6O2. The Labute approximate surface area is 192 Å². The van der Waals surface area contributed by atoms with Crippen LogP contribution in [0.5, 0.6) is 0 Å². The molecule has 5 aromatic heterocycles. The largest absolute Gasteiger partial charge is 0.353 e. The van der Waals surface area contributed by atoms with Crippen molar-refractivity contribution in [3.05, 3.63) is 96.0 Å². The summed E-state index contributed by atoms with van der Waals surface area (Å²) in [6.45, 7) is 1.76. The first-order valence-electron chi connectivity index (χ1n) is 10.6. The summed E-state index contributed by atoms with van der Waals surface area (Å²) in [7, 11) is 0. The number of imidazole rings is 2. The number of nitrogens with zero attached hydrogens (tertiary/aromatic N) is 6. The van der Waals surface area contributed by atoms with E-state index in [2.05, 4.69) is 10.1 Å². The number of hydrogen-bond donors (Lipinski definition) is 0. The van der Waals surface area contributed by atoms with Gasteiger partial charge in [-0.1, -0.05) is 11.2 Å². The number of rotatable bonds is 5. The Kier molecular flexibility index (Phi) is 4.54. The Hall–Kier alpha value is -4.66. The zero-order valence-electron chi connectivity index (χ0n) is 18.0. The van der Waals surface area contributed by atoms with Gasteiger partial charge in [0, 0.05) is 17.8 Å². The number of hydrogen-bond acceptors (Lipinski definition) is 6. The molecule has 9 heteroatoms. The number of halogens is 1. The van der Waals surface area contributed by atoms with Crippen molar-refractivity contribution in [2.24, 2.45) is 0 Å². The number of carbonyl (C=O) groups is 1. The molecule has 0 radical (unpaired) electrons. The molecular weight excluding hydrogens is 435 g/mol. The maximum absolute atomic E-state index is 13.5. The predicted octanol–water partition coefficient (Wildman–Crippen LogP) is 4.57. The van der Waals surface area contributed by atoms with Crippen LogP contribution in [0.1, 0.15) is 21.9 Å². The van der Waals surface area contributed by atoms with Gasteiger partial charge in [0.15, 0.2) is 5.65 Å². The van der Waals surface area contributed by atoms with Gasteiger partial charge in [-0.3, -0.25) is 9.20 Å². The van der Waals surface area contributed by atoms with E-state index >= 15 is 0 Å². The quantitative estimate of drug-likeness (QED) is 0.356. The van der Waals surface area contributed by atoms with Gasteiger partial charge in [0.1, 0.15) is 22.9 Å². The summed E-state index contributed by atoms with van der Waals surface area (Å²) in [5.74, 6) is -0.308. The number of fused-ring (bicyclic) bond motifs is 2. The number of benzene rings is 1. The molecule has 0 N–H and O–H groups in total. The maximum atomic E-state index is 13.5. The van der Waals surface area contributed by atoms with Gasteiger partial charge < -0.3 is 4.52 Å². The van der Waals surface area contributed by atoms with Crippen LogP contribution in [0.15, 0.2) is 77.6 Å². The Balaban J connectivity index is 1.43. The molecule has 0 unspecified atom stereocenters. The van der Waals surface area contributed by atoms with Crippen LogP contribution in [-0.4, -0.2) is 34.9 Å². The number of pyridine rings is 1. The standard InChI is InChI=1S/C25H17FN6O2/c1-15-12-21(34-30-15)20(33)13-18-14-32-23(27-18)10-9-19(29-32)25-24(16-5-7-17(26)8-6-16)28-22-4-2-3-11-31(22)25/h2-12,14H,13H2,1H3. The predicted molar refractivity (Wildman–Crippen MR) is 122 cm³/mol. The summed E-state index contributed by atoms with van der Waals surface area (Å²) in [5, 5.41) is 8.51. The summed E-state index contributed by atoms with van der Waals surface area (Å²) >= 11 is 0. The Morgan fingerprint density at radius 1 is 1.03 bits per heavy atom. The highest BCUT2D eigenvalue weighted by Crippen LogP contribution is 2.32.